The second kappa shape index (κ2) is 7.88. The first-order valence-corrected chi connectivity index (χ1v) is 9.71. The van der Waals surface area contributed by atoms with Gasteiger partial charge in [0.05, 0.1) is 19.0 Å². The number of piperidine rings is 1. The molecule has 3 aromatic rings. The predicted octanol–water partition coefficient (Wildman–Crippen LogP) is 3.39. The third-order valence-corrected chi connectivity index (χ3v) is 5.44. The van der Waals surface area contributed by atoms with Gasteiger partial charge >= 0.3 is 0 Å². The average molecular weight is 379 g/mol. The summed E-state index contributed by atoms with van der Waals surface area (Å²) in [6.07, 6.45) is 4.88. The minimum Gasteiger partial charge on any atom is -0.496 e. The second-order valence-electron chi connectivity index (χ2n) is 7.12. The quantitative estimate of drug-likeness (QED) is 0.711. The summed E-state index contributed by atoms with van der Waals surface area (Å²) in [5.41, 5.74) is 4.47. The summed E-state index contributed by atoms with van der Waals surface area (Å²) in [5, 5.41) is 14.6. The van der Waals surface area contributed by atoms with Crippen molar-refractivity contribution >= 4 is 5.91 Å². The van der Waals surface area contributed by atoms with Crippen molar-refractivity contribution in [2.24, 2.45) is 0 Å². The highest BCUT2D eigenvalue weighted by Gasteiger charge is 2.28. The summed E-state index contributed by atoms with van der Waals surface area (Å²) in [6, 6.07) is 9.46. The number of aromatic amines is 2. The number of nitrogens with one attached hydrogen (secondary N) is 2. The highest BCUT2D eigenvalue weighted by molar-refractivity contribution is 5.93. The molecule has 2 N–H and O–H groups in total. The van der Waals surface area contributed by atoms with Crippen LogP contribution >= 0.6 is 0 Å². The normalized spacial score (nSPS) is 16.9. The van der Waals surface area contributed by atoms with Crippen LogP contribution in [0.25, 0.3) is 11.3 Å². The van der Waals surface area contributed by atoms with Crippen molar-refractivity contribution in [3.63, 3.8) is 0 Å². The molecule has 1 unspecified atom stereocenters. The summed E-state index contributed by atoms with van der Waals surface area (Å²) >= 11 is 0. The molecular formula is C21H25N5O2. The first-order valence-electron chi connectivity index (χ1n) is 9.71. The van der Waals surface area contributed by atoms with E-state index < -0.39 is 0 Å². The molecule has 1 aromatic carbocycles. The number of likely N-dealkylation sites (tertiary alicyclic amines) is 1. The number of amides is 1. The van der Waals surface area contributed by atoms with E-state index >= 15 is 0 Å². The number of H-pyrrole nitrogens is 2. The maximum absolute atomic E-state index is 13.1. The zero-order chi connectivity index (χ0) is 19.5. The van der Waals surface area contributed by atoms with Crippen LogP contribution in [0.4, 0.5) is 0 Å². The van der Waals surface area contributed by atoms with Gasteiger partial charge in [0, 0.05) is 30.3 Å². The average Bonchev–Trinajstić information content (AvgIpc) is 3.43. The first-order chi connectivity index (χ1) is 13.7. The Balaban J connectivity index is 1.52. The fraction of sp³-hybridized carbons (Fsp3) is 0.381. The molecule has 2 aromatic heterocycles. The van der Waals surface area contributed by atoms with Crippen LogP contribution in [0.5, 0.6) is 5.75 Å². The van der Waals surface area contributed by atoms with Gasteiger partial charge < -0.3 is 9.64 Å². The fourth-order valence-electron chi connectivity index (χ4n) is 3.95. The number of hydrogen-bond acceptors (Lipinski definition) is 4. The SMILES string of the molecule is CCc1cn[nH]c1C1CCCN(C(=O)c2cc(-c3ccccc3OC)n[nH]2)C1. The summed E-state index contributed by atoms with van der Waals surface area (Å²) < 4.78 is 5.40. The largest absolute Gasteiger partial charge is 0.496 e. The molecule has 0 radical (unpaired) electrons. The lowest BCUT2D eigenvalue weighted by Gasteiger charge is -2.32. The van der Waals surface area contributed by atoms with Gasteiger partial charge in [0.15, 0.2) is 0 Å². The summed E-state index contributed by atoms with van der Waals surface area (Å²) in [4.78, 5) is 15.0. The van der Waals surface area contributed by atoms with Gasteiger partial charge in [0.25, 0.3) is 5.91 Å². The number of carbonyl (C=O) groups is 1. The molecule has 146 valence electrons. The minimum absolute atomic E-state index is 0.0177. The van der Waals surface area contributed by atoms with Crippen molar-refractivity contribution in [1.82, 2.24) is 25.3 Å². The number of carbonyl (C=O) groups excluding carboxylic acids is 1. The fourth-order valence-corrected chi connectivity index (χ4v) is 3.95. The number of ether oxygens (including phenoxy) is 1. The van der Waals surface area contributed by atoms with E-state index in [1.807, 2.05) is 35.4 Å². The Morgan fingerprint density at radius 3 is 3.00 bits per heavy atom. The monoisotopic (exact) mass is 379 g/mol. The maximum Gasteiger partial charge on any atom is 0.271 e. The highest BCUT2D eigenvalue weighted by Crippen LogP contribution is 2.31. The number of benzene rings is 1. The van der Waals surface area contributed by atoms with E-state index in [1.54, 1.807) is 13.2 Å². The topological polar surface area (TPSA) is 86.9 Å². The molecule has 0 spiro atoms. The molecule has 7 heteroatoms. The van der Waals surface area contributed by atoms with Crippen molar-refractivity contribution in [3.8, 4) is 17.0 Å². The van der Waals surface area contributed by atoms with E-state index in [4.69, 9.17) is 4.74 Å². The molecule has 1 saturated heterocycles. The van der Waals surface area contributed by atoms with Crippen LogP contribution in [-0.4, -0.2) is 51.4 Å². The predicted molar refractivity (Wildman–Crippen MR) is 106 cm³/mol. The lowest BCUT2D eigenvalue weighted by atomic mass is 9.92. The Bertz CT molecular complexity index is 961. The molecular weight excluding hydrogens is 354 g/mol. The van der Waals surface area contributed by atoms with Gasteiger partial charge in [0.1, 0.15) is 11.4 Å². The molecule has 28 heavy (non-hydrogen) atoms. The van der Waals surface area contributed by atoms with E-state index in [9.17, 15) is 4.79 Å². The Hall–Kier alpha value is -3.09. The summed E-state index contributed by atoms with van der Waals surface area (Å²) in [5.74, 6) is 1.01. The zero-order valence-electron chi connectivity index (χ0n) is 16.2. The number of para-hydroxylation sites is 1. The molecule has 1 fully saturated rings. The first kappa shape index (κ1) is 18.3. The van der Waals surface area contributed by atoms with Crippen molar-refractivity contribution in [2.75, 3.05) is 20.2 Å². The van der Waals surface area contributed by atoms with Gasteiger partial charge in [-0.05, 0) is 43.0 Å². The van der Waals surface area contributed by atoms with E-state index in [2.05, 4.69) is 27.3 Å². The standard InChI is InChI=1S/C21H25N5O2/c1-3-14-12-22-25-20(14)15-7-6-10-26(13-15)21(27)18-11-17(23-24-18)16-8-4-5-9-19(16)28-2/h4-5,8-9,11-12,15H,3,6-7,10,13H2,1-2H3,(H,22,25)(H,23,24). The van der Waals surface area contributed by atoms with Crippen LogP contribution in [0.15, 0.2) is 36.5 Å². The molecule has 1 aliphatic heterocycles. The van der Waals surface area contributed by atoms with Crippen LogP contribution < -0.4 is 4.74 Å². The Labute approximate surface area is 164 Å². The number of aromatic nitrogens is 4. The van der Waals surface area contributed by atoms with E-state index in [-0.39, 0.29) is 5.91 Å². The molecule has 1 amide bonds. The number of rotatable bonds is 5. The minimum atomic E-state index is -0.0177. The number of aryl methyl sites for hydroxylation is 1. The Morgan fingerprint density at radius 2 is 2.18 bits per heavy atom. The van der Waals surface area contributed by atoms with Gasteiger partial charge in [-0.15, -0.1) is 0 Å². The molecule has 3 heterocycles. The van der Waals surface area contributed by atoms with E-state index in [1.165, 1.54) is 11.3 Å². The van der Waals surface area contributed by atoms with Crippen LogP contribution in [0.2, 0.25) is 0 Å². The molecule has 0 aliphatic carbocycles. The third-order valence-electron chi connectivity index (χ3n) is 5.44. The Morgan fingerprint density at radius 1 is 1.32 bits per heavy atom. The highest BCUT2D eigenvalue weighted by atomic mass is 16.5. The van der Waals surface area contributed by atoms with Gasteiger partial charge in [0.2, 0.25) is 0 Å². The number of methoxy groups -OCH3 is 1. The number of nitrogens with zero attached hydrogens (tertiary/aromatic N) is 3. The second-order valence-corrected chi connectivity index (χ2v) is 7.12. The number of hydrogen-bond donors (Lipinski definition) is 2. The van der Waals surface area contributed by atoms with Crippen LogP contribution in [0.1, 0.15) is 47.4 Å². The van der Waals surface area contributed by atoms with Crippen molar-refractivity contribution < 1.29 is 9.53 Å². The molecule has 1 aliphatic rings. The molecule has 4 rings (SSSR count). The van der Waals surface area contributed by atoms with Gasteiger partial charge in [-0.25, -0.2) is 0 Å². The van der Waals surface area contributed by atoms with Crippen molar-refractivity contribution in [1.29, 1.82) is 0 Å². The molecule has 7 nitrogen and oxygen atoms in total. The van der Waals surface area contributed by atoms with Crippen LogP contribution in [-0.2, 0) is 6.42 Å². The molecule has 1 atom stereocenters. The zero-order valence-corrected chi connectivity index (χ0v) is 16.2. The van der Waals surface area contributed by atoms with Gasteiger partial charge in [-0.1, -0.05) is 19.1 Å². The summed E-state index contributed by atoms with van der Waals surface area (Å²) in [7, 11) is 1.63. The lowest BCUT2D eigenvalue weighted by molar-refractivity contribution is 0.0699. The third kappa shape index (κ3) is 3.40. The van der Waals surface area contributed by atoms with E-state index in [0.29, 0.717) is 23.9 Å². The lowest BCUT2D eigenvalue weighted by Crippen LogP contribution is -2.39. The molecule has 0 bridgehead atoms. The van der Waals surface area contributed by atoms with Crippen molar-refractivity contribution in [3.05, 3.63) is 53.5 Å². The van der Waals surface area contributed by atoms with Crippen molar-refractivity contribution in [2.45, 2.75) is 32.1 Å². The van der Waals surface area contributed by atoms with Gasteiger partial charge in [-0.3, -0.25) is 15.0 Å². The molecule has 0 saturated carbocycles. The summed E-state index contributed by atoms with van der Waals surface area (Å²) in [6.45, 7) is 3.58. The maximum atomic E-state index is 13.1. The van der Waals surface area contributed by atoms with Crippen LogP contribution in [0, 0.1) is 0 Å². The van der Waals surface area contributed by atoms with Gasteiger partial charge in [-0.2, -0.15) is 10.2 Å². The van der Waals surface area contributed by atoms with E-state index in [0.717, 1.165) is 37.1 Å². The van der Waals surface area contributed by atoms with Crippen LogP contribution in [0.3, 0.4) is 0 Å². The smallest absolute Gasteiger partial charge is 0.271 e. The Kier molecular flexibility index (Phi) is 5.14.